The van der Waals surface area contributed by atoms with Gasteiger partial charge in [-0.15, -0.1) is 15.3 Å². The van der Waals surface area contributed by atoms with E-state index in [1.807, 2.05) is 24.3 Å². The molecule has 3 aromatic rings. The van der Waals surface area contributed by atoms with Crippen molar-refractivity contribution >= 4 is 5.82 Å². The van der Waals surface area contributed by atoms with Crippen LogP contribution in [-0.2, 0) is 0 Å². The number of hydrogen-bond donors (Lipinski definition) is 3. The predicted octanol–water partition coefficient (Wildman–Crippen LogP) is 4.04. The highest BCUT2D eigenvalue weighted by molar-refractivity contribution is 5.74. The summed E-state index contributed by atoms with van der Waals surface area (Å²) in [5, 5.41) is 34.4. The largest absolute Gasteiger partial charge is 0.507 e. The Balaban J connectivity index is 1.26. The third-order valence-corrected chi connectivity index (χ3v) is 7.00. The molecule has 33 heavy (non-hydrogen) atoms. The van der Waals surface area contributed by atoms with E-state index < -0.39 is 0 Å². The molecular formula is C25H30N6O2. The first kappa shape index (κ1) is 21.6. The van der Waals surface area contributed by atoms with E-state index in [0.717, 1.165) is 23.5 Å². The van der Waals surface area contributed by atoms with Gasteiger partial charge in [-0.2, -0.15) is 5.10 Å². The molecule has 2 aromatic heterocycles. The molecule has 5 rings (SSSR count). The van der Waals surface area contributed by atoms with Gasteiger partial charge in [0.25, 0.3) is 0 Å². The number of fused-ring (bicyclic) bond motifs is 2. The van der Waals surface area contributed by atoms with Crippen molar-refractivity contribution in [2.24, 2.45) is 5.92 Å². The van der Waals surface area contributed by atoms with Crippen LogP contribution in [0.15, 0.2) is 42.6 Å². The van der Waals surface area contributed by atoms with Gasteiger partial charge in [0.15, 0.2) is 0 Å². The number of piperidine rings is 1. The van der Waals surface area contributed by atoms with E-state index in [-0.39, 0.29) is 16.8 Å². The van der Waals surface area contributed by atoms with Crippen LogP contribution in [0, 0.1) is 5.92 Å². The smallest absolute Gasteiger partial charge is 0.233 e. The Hall–Kier alpha value is -3.26. The van der Waals surface area contributed by atoms with E-state index in [0.29, 0.717) is 23.1 Å². The number of aromatic nitrogens is 4. The van der Waals surface area contributed by atoms with Crippen molar-refractivity contribution in [3.8, 4) is 34.0 Å². The Bertz CT molecular complexity index is 1140. The maximum atomic E-state index is 10.6. The van der Waals surface area contributed by atoms with Crippen LogP contribution in [-0.4, -0.2) is 50.2 Å². The molecule has 1 aromatic carbocycles. The number of phenols is 1. The number of anilines is 1. The Labute approximate surface area is 193 Å². The Kier molecular flexibility index (Phi) is 5.40. The van der Waals surface area contributed by atoms with E-state index >= 15 is 0 Å². The summed E-state index contributed by atoms with van der Waals surface area (Å²) in [7, 11) is 1.54. The predicted molar refractivity (Wildman–Crippen MR) is 127 cm³/mol. The van der Waals surface area contributed by atoms with Crippen LogP contribution in [0.4, 0.5) is 5.82 Å². The summed E-state index contributed by atoms with van der Waals surface area (Å²) in [6, 6.07) is 11.0. The van der Waals surface area contributed by atoms with Crippen LogP contribution in [0.1, 0.15) is 39.5 Å². The number of benzene rings is 1. The number of ether oxygens (including phenoxy) is 1. The molecule has 4 heterocycles. The van der Waals surface area contributed by atoms with Gasteiger partial charge in [-0.25, -0.2) is 0 Å². The van der Waals surface area contributed by atoms with Crippen LogP contribution < -0.4 is 15.4 Å². The summed E-state index contributed by atoms with van der Waals surface area (Å²) < 4.78 is 5.13. The second-order valence-electron chi connectivity index (χ2n) is 9.92. The molecule has 3 N–H and O–H groups in total. The number of methoxy groups -OCH3 is 1. The van der Waals surface area contributed by atoms with Gasteiger partial charge in [0, 0.05) is 34.8 Å². The van der Waals surface area contributed by atoms with Gasteiger partial charge >= 0.3 is 0 Å². The minimum atomic E-state index is 0.130. The monoisotopic (exact) mass is 446 g/mol. The Morgan fingerprint density at radius 1 is 1.03 bits per heavy atom. The van der Waals surface area contributed by atoms with E-state index in [1.165, 1.54) is 25.7 Å². The molecule has 8 heteroatoms. The average Bonchev–Trinajstić information content (AvgIpc) is 3.05. The molecule has 2 atom stereocenters. The molecule has 0 spiro atoms. The summed E-state index contributed by atoms with van der Waals surface area (Å²) in [6.45, 7) is 5.58. The number of rotatable bonds is 6. The van der Waals surface area contributed by atoms with Gasteiger partial charge < -0.3 is 20.5 Å². The lowest BCUT2D eigenvalue weighted by Gasteiger charge is -2.42. The first-order valence-corrected chi connectivity index (χ1v) is 11.4. The summed E-state index contributed by atoms with van der Waals surface area (Å²) in [5.41, 5.74) is 3.39. The van der Waals surface area contributed by atoms with Gasteiger partial charge in [0.1, 0.15) is 11.6 Å². The second kappa shape index (κ2) is 8.26. The highest BCUT2D eigenvalue weighted by atomic mass is 16.5. The molecule has 2 fully saturated rings. The highest BCUT2D eigenvalue weighted by Gasteiger charge is 2.48. The van der Waals surface area contributed by atoms with Gasteiger partial charge in [-0.05, 0) is 75.3 Å². The number of phenolic OH excluding ortho intramolecular Hbond substituents is 1. The molecule has 172 valence electrons. The van der Waals surface area contributed by atoms with E-state index in [2.05, 4.69) is 44.9 Å². The van der Waals surface area contributed by atoms with E-state index in [4.69, 9.17) is 4.74 Å². The molecule has 0 saturated carbocycles. The zero-order chi connectivity index (χ0) is 23.1. The average molecular weight is 447 g/mol. The minimum absolute atomic E-state index is 0.130. The maximum Gasteiger partial charge on any atom is 0.233 e. The Morgan fingerprint density at radius 3 is 2.48 bits per heavy atom. The Morgan fingerprint density at radius 2 is 1.82 bits per heavy atom. The number of hydrogen-bond acceptors (Lipinski definition) is 8. The van der Waals surface area contributed by atoms with Crippen LogP contribution >= 0.6 is 0 Å². The van der Waals surface area contributed by atoms with Gasteiger partial charge in [-0.3, -0.25) is 0 Å². The van der Waals surface area contributed by atoms with Crippen molar-refractivity contribution in [1.29, 1.82) is 0 Å². The van der Waals surface area contributed by atoms with Crippen molar-refractivity contribution in [2.75, 3.05) is 19.0 Å². The molecule has 2 bridgehead atoms. The van der Waals surface area contributed by atoms with Crippen molar-refractivity contribution in [2.45, 2.75) is 50.6 Å². The van der Waals surface area contributed by atoms with E-state index in [9.17, 15) is 5.11 Å². The summed E-state index contributed by atoms with van der Waals surface area (Å²) >= 11 is 0. The van der Waals surface area contributed by atoms with Crippen LogP contribution in [0.3, 0.4) is 0 Å². The lowest BCUT2D eigenvalue weighted by atomic mass is 9.80. The van der Waals surface area contributed by atoms with Gasteiger partial charge in [0.05, 0.1) is 19.0 Å². The van der Waals surface area contributed by atoms with Crippen molar-refractivity contribution in [3.05, 3.63) is 42.6 Å². The lowest BCUT2D eigenvalue weighted by molar-refractivity contribution is 0.178. The third-order valence-electron chi connectivity index (χ3n) is 7.00. The van der Waals surface area contributed by atoms with Crippen molar-refractivity contribution < 1.29 is 9.84 Å². The topological polar surface area (TPSA) is 105 Å². The second-order valence-corrected chi connectivity index (χ2v) is 9.92. The van der Waals surface area contributed by atoms with Crippen molar-refractivity contribution in [3.63, 3.8) is 0 Å². The maximum absolute atomic E-state index is 10.6. The van der Waals surface area contributed by atoms with Gasteiger partial charge in [-0.1, -0.05) is 6.07 Å². The third kappa shape index (κ3) is 4.48. The molecule has 0 radical (unpaired) electrons. The molecule has 2 unspecified atom stereocenters. The molecular weight excluding hydrogens is 416 g/mol. The van der Waals surface area contributed by atoms with Crippen molar-refractivity contribution in [1.82, 2.24) is 25.7 Å². The zero-order valence-corrected chi connectivity index (χ0v) is 19.3. The zero-order valence-electron chi connectivity index (χ0n) is 19.3. The number of aromatic hydroxyl groups is 1. The molecule has 8 nitrogen and oxygen atoms in total. The summed E-state index contributed by atoms with van der Waals surface area (Å²) in [5.74, 6) is 1.92. The van der Waals surface area contributed by atoms with Crippen LogP contribution in [0.5, 0.6) is 11.6 Å². The fraction of sp³-hybridized carbons (Fsp3) is 0.440. The number of nitrogens with one attached hydrogen (secondary N) is 2. The SMILES string of the molecule is COc1cc(-c2ccc(-c3ccc(NCC4CC5(C)CCC(C)(C4)N5)nn3)c(O)c2)cnn1. The summed E-state index contributed by atoms with van der Waals surface area (Å²) in [4.78, 5) is 0. The summed E-state index contributed by atoms with van der Waals surface area (Å²) in [6.07, 6.45) is 6.50. The molecule has 2 saturated heterocycles. The molecule has 2 aliphatic heterocycles. The van der Waals surface area contributed by atoms with Crippen LogP contribution in [0.25, 0.3) is 22.4 Å². The number of nitrogens with zero attached hydrogens (tertiary/aromatic N) is 4. The highest BCUT2D eigenvalue weighted by Crippen LogP contribution is 2.44. The quantitative estimate of drug-likeness (QED) is 0.521. The first-order chi connectivity index (χ1) is 15.8. The molecule has 2 aliphatic rings. The lowest BCUT2D eigenvalue weighted by Crippen LogP contribution is -2.54. The fourth-order valence-corrected chi connectivity index (χ4v) is 5.55. The standard InChI is InChI=1S/C25H30N6O2/c1-24-8-9-25(2,31-24)13-16(12-24)14-26-22-7-6-20(28-29-22)19-5-4-17(10-21(19)32)18-11-23(33-3)30-27-15-18/h4-7,10-11,15-16,31-32H,8-9,12-14H2,1-3H3,(H,26,29). The van der Waals surface area contributed by atoms with E-state index in [1.54, 1.807) is 25.4 Å². The molecule has 0 amide bonds. The van der Waals surface area contributed by atoms with Crippen LogP contribution in [0.2, 0.25) is 0 Å². The molecule has 0 aliphatic carbocycles. The normalized spacial score (nSPS) is 26.2. The minimum Gasteiger partial charge on any atom is -0.507 e. The van der Waals surface area contributed by atoms with Gasteiger partial charge in [0.2, 0.25) is 5.88 Å². The fourth-order valence-electron chi connectivity index (χ4n) is 5.55. The first-order valence-electron chi connectivity index (χ1n) is 11.4.